The van der Waals surface area contributed by atoms with Crippen LogP contribution < -0.4 is 0 Å². The van der Waals surface area contributed by atoms with Crippen molar-refractivity contribution in [2.24, 2.45) is 0 Å². The second-order valence-corrected chi connectivity index (χ2v) is 8.10. The minimum Gasteiger partial charge on any atom is -0.0797 e. The van der Waals surface area contributed by atoms with Crippen LogP contribution in [0.5, 0.6) is 0 Å². The molecule has 4 atom stereocenters. The van der Waals surface area contributed by atoms with Crippen molar-refractivity contribution in [1.29, 1.82) is 0 Å². The van der Waals surface area contributed by atoms with Gasteiger partial charge in [0.1, 0.15) is 0 Å². The lowest BCUT2D eigenvalue weighted by atomic mass is 9.66. The Balaban J connectivity index is 1.61. The maximum absolute atomic E-state index is 2.47. The van der Waals surface area contributed by atoms with Gasteiger partial charge in [0, 0.05) is 23.7 Å². The van der Waals surface area contributed by atoms with Gasteiger partial charge in [0.2, 0.25) is 0 Å². The molecule has 0 unspecified atom stereocenters. The zero-order valence-electron chi connectivity index (χ0n) is 15.7. The van der Waals surface area contributed by atoms with Gasteiger partial charge in [0.25, 0.3) is 0 Å². The van der Waals surface area contributed by atoms with Crippen molar-refractivity contribution >= 4 is 10.8 Å². The molecule has 4 aromatic rings. The summed E-state index contributed by atoms with van der Waals surface area (Å²) >= 11 is 0. The van der Waals surface area contributed by atoms with Gasteiger partial charge in [-0.1, -0.05) is 109 Å². The van der Waals surface area contributed by atoms with Crippen molar-refractivity contribution in [3.05, 3.63) is 131 Å². The average molecular weight is 358 g/mol. The second-order valence-electron chi connectivity index (χ2n) is 8.10. The Labute approximate surface area is 166 Å². The number of fused-ring (bicyclic) bond motifs is 3. The first-order chi connectivity index (χ1) is 13.9. The van der Waals surface area contributed by atoms with Crippen LogP contribution in [0.15, 0.2) is 109 Å². The molecule has 0 fully saturated rings. The van der Waals surface area contributed by atoms with Crippen LogP contribution in [0.3, 0.4) is 0 Å². The summed E-state index contributed by atoms with van der Waals surface area (Å²) in [5.74, 6) is 1.81. The molecule has 0 nitrogen and oxygen atoms in total. The van der Waals surface area contributed by atoms with E-state index in [2.05, 4.69) is 109 Å². The first-order valence-electron chi connectivity index (χ1n) is 10.2. The molecule has 0 heteroatoms. The summed E-state index contributed by atoms with van der Waals surface area (Å²) in [5, 5.41) is 2.87. The Kier molecular flexibility index (Phi) is 3.52. The fraction of sp³-hybridized carbons (Fsp3) is 0.143. The lowest BCUT2D eigenvalue weighted by Crippen LogP contribution is -2.23. The monoisotopic (exact) mass is 358 g/mol. The molecular formula is C28H22. The molecule has 6 rings (SSSR count). The molecule has 0 saturated heterocycles. The van der Waals surface area contributed by atoms with Crippen LogP contribution in [0.2, 0.25) is 0 Å². The van der Waals surface area contributed by atoms with E-state index in [1.165, 1.54) is 33.0 Å². The van der Waals surface area contributed by atoms with Crippen LogP contribution in [-0.4, -0.2) is 0 Å². The zero-order valence-corrected chi connectivity index (χ0v) is 15.7. The smallest absolute Gasteiger partial charge is 0.00933 e. The molecule has 0 aromatic heterocycles. The van der Waals surface area contributed by atoms with Crippen LogP contribution in [0, 0.1) is 0 Å². The van der Waals surface area contributed by atoms with Crippen LogP contribution in [0.25, 0.3) is 10.8 Å². The van der Waals surface area contributed by atoms with Crippen molar-refractivity contribution in [3.63, 3.8) is 0 Å². The quantitative estimate of drug-likeness (QED) is 0.334. The summed E-state index contributed by atoms with van der Waals surface area (Å²) in [6, 6.07) is 35.8. The summed E-state index contributed by atoms with van der Waals surface area (Å²) in [5.41, 5.74) is 5.89. The molecule has 0 aliphatic heterocycles. The Bertz CT molecular complexity index is 1080. The molecule has 4 aromatic carbocycles. The van der Waals surface area contributed by atoms with E-state index in [4.69, 9.17) is 0 Å². The lowest BCUT2D eigenvalue weighted by Gasteiger charge is -2.37. The lowest BCUT2D eigenvalue weighted by molar-refractivity contribution is 0.459. The third-order valence-electron chi connectivity index (χ3n) is 6.74. The standard InChI is InChI=1S/C28H22/c1-3-9-19(10-4-1)22-17-18-23(20-11-5-2-6-12-20)28-25-16-8-14-21-13-7-15-24(26(21)25)27(22)28/h1-18,22-23,27-28H/t22-,23-,27-,28+/m0/s1. The predicted molar refractivity (Wildman–Crippen MR) is 117 cm³/mol. The highest BCUT2D eigenvalue weighted by Gasteiger charge is 2.44. The number of hydrogen-bond donors (Lipinski definition) is 0. The molecule has 0 bridgehead atoms. The molecule has 0 heterocycles. The molecule has 28 heavy (non-hydrogen) atoms. The molecule has 134 valence electrons. The van der Waals surface area contributed by atoms with Crippen molar-refractivity contribution in [2.45, 2.75) is 23.7 Å². The van der Waals surface area contributed by atoms with E-state index in [0.717, 1.165) is 0 Å². The van der Waals surface area contributed by atoms with E-state index in [1.54, 1.807) is 0 Å². The molecule has 0 saturated carbocycles. The first-order valence-corrected chi connectivity index (χ1v) is 10.2. The van der Waals surface area contributed by atoms with E-state index in [9.17, 15) is 0 Å². The molecule has 0 radical (unpaired) electrons. The Hall–Kier alpha value is -3.12. The van der Waals surface area contributed by atoms with E-state index in [0.29, 0.717) is 23.7 Å². The summed E-state index contributed by atoms with van der Waals surface area (Å²) < 4.78 is 0. The average Bonchev–Trinajstić information content (AvgIpc) is 3.11. The van der Waals surface area contributed by atoms with Crippen LogP contribution in [0.4, 0.5) is 0 Å². The summed E-state index contributed by atoms with van der Waals surface area (Å²) in [7, 11) is 0. The van der Waals surface area contributed by atoms with Crippen molar-refractivity contribution in [1.82, 2.24) is 0 Å². The van der Waals surface area contributed by atoms with Gasteiger partial charge in [0.15, 0.2) is 0 Å². The van der Waals surface area contributed by atoms with Crippen LogP contribution in [-0.2, 0) is 0 Å². The predicted octanol–water partition coefficient (Wildman–Crippen LogP) is 7.16. The fourth-order valence-electron chi connectivity index (χ4n) is 5.64. The topological polar surface area (TPSA) is 0 Å². The minimum atomic E-state index is 0.421. The number of allylic oxidation sites excluding steroid dienone is 2. The first kappa shape index (κ1) is 15.9. The number of rotatable bonds is 2. The fourth-order valence-corrected chi connectivity index (χ4v) is 5.64. The Morgan fingerprint density at radius 1 is 0.429 bits per heavy atom. The molecule has 0 N–H and O–H groups in total. The second kappa shape index (κ2) is 6.21. The Morgan fingerprint density at radius 3 is 1.36 bits per heavy atom. The maximum atomic E-state index is 2.47. The van der Waals surface area contributed by atoms with Gasteiger partial charge in [-0.15, -0.1) is 0 Å². The molecular weight excluding hydrogens is 336 g/mol. The maximum Gasteiger partial charge on any atom is 0.00933 e. The van der Waals surface area contributed by atoms with Gasteiger partial charge >= 0.3 is 0 Å². The SMILES string of the molecule is C1=C[C@@H](c2ccccc2)[C@H]2c3cccc4cccc(c34)[C@H]2[C@@H]1c1ccccc1. The number of benzene rings is 4. The van der Waals surface area contributed by atoms with Gasteiger partial charge in [0.05, 0.1) is 0 Å². The largest absolute Gasteiger partial charge is 0.0797 e. The molecule has 2 aliphatic rings. The van der Waals surface area contributed by atoms with Crippen LogP contribution >= 0.6 is 0 Å². The Morgan fingerprint density at radius 2 is 0.893 bits per heavy atom. The van der Waals surface area contributed by atoms with Crippen molar-refractivity contribution in [3.8, 4) is 0 Å². The summed E-state index contributed by atoms with van der Waals surface area (Å²) in [6.45, 7) is 0. The van der Waals surface area contributed by atoms with E-state index >= 15 is 0 Å². The van der Waals surface area contributed by atoms with Crippen LogP contribution in [0.1, 0.15) is 45.9 Å². The summed E-state index contributed by atoms with van der Waals surface area (Å²) in [6.07, 6.45) is 4.94. The normalized spacial score (nSPS) is 25.0. The van der Waals surface area contributed by atoms with Gasteiger partial charge in [-0.2, -0.15) is 0 Å². The van der Waals surface area contributed by atoms with Crippen molar-refractivity contribution < 1.29 is 0 Å². The highest BCUT2D eigenvalue weighted by Crippen LogP contribution is 2.60. The zero-order chi connectivity index (χ0) is 18.5. The van der Waals surface area contributed by atoms with E-state index < -0.39 is 0 Å². The molecule has 2 aliphatic carbocycles. The van der Waals surface area contributed by atoms with Gasteiger partial charge < -0.3 is 0 Å². The number of hydrogen-bond acceptors (Lipinski definition) is 0. The highest BCUT2D eigenvalue weighted by atomic mass is 14.5. The minimum absolute atomic E-state index is 0.421. The molecule has 0 amide bonds. The highest BCUT2D eigenvalue weighted by molar-refractivity contribution is 5.93. The summed E-state index contributed by atoms with van der Waals surface area (Å²) in [4.78, 5) is 0. The van der Waals surface area contributed by atoms with E-state index in [-0.39, 0.29) is 0 Å². The molecule has 0 spiro atoms. The van der Waals surface area contributed by atoms with Crippen molar-refractivity contribution in [2.75, 3.05) is 0 Å². The van der Waals surface area contributed by atoms with Gasteiger partial charge in [-0.25, -0.2) is 0 Å². The van der Waals surface area contributed by atoms with Gasteiger partial charge in [-0.05, 0) is 33.0 Å². The van der Waals surface area contributed by atoms with Gasteiger partial charge in [-0.3, -0.25) is 0 Å². The third-order valence-corrected chi connectivity index (χ3v) is 6.74. The van der Waals surface area contributed by atoms with E-state index in [1.807, 2.05) is 0 Å². The third kappa shape index (κ3) is 2.24.